The molecule has 0 spiro atoms. The summed E-state index contributed by atoms with van der Waals surface area (Å²) in [7, 11) is 0. The molecule has 188 valence electrons. The molecular weight excluding hydrogens is 420 g/mol. The standard InChI is InChI=1S/C31H46O3/c1-21(12-15-28(33)34-20-22-9-5-4-6-10-22)24-13-14-25-29-26(16-18-31(24,25)3)30(2)17-8-7-11-23(30)19-27(29)32/h4-6,9-10,21,23-27,29,32H,7-8,11-20H2,1-3H3/t21-,23?,24?,25?,26?,27-,29?,30+,31-/m1/s1. The molecule has 4 aliphatic rings. The van der Waals surface area contributed by atoms with Gasteiger partial charge in [0.15, 0.2) is 0 Å². The Bertz CT molecular complexity index is 851. The molecule has 1 aromatic rings. The Hall–Kier alpha value is -1.35. The Morgan fingerprint density at radius 2 is 1.79 bits per heavy atom. The largest absolute Gasteiger partial charge is 0.461 e. The van der Waals surface area contributed by atoms with Crippen molar-refractivity contribution in [2.24, 2.45) is 46.3 Å². The lowest BCUT2D eigenvalue weighted by atomic mass is 9.44. The number of carbonyl (C=O) groups is 1. The van der Waals surface area contributed by atoms with Gasteiger partial charge in [0.05, 0.1) is 6.10 Å². The molecule has 3 nitrogen and oxygen atoms in total. The van der Waals surface area contributed by atoms with Crippen LogP contribution in [0.2, 0.25) is 0 Å². The summed E-state index contributed by atoms with van der Waals surface area (Å²) in [4.78, 5) is 12.4. The fourth-order valence-corrected chi connectivity index (χ4v) is 9.59. The van der Waals surface area contributed by atoms with Gasteiger partial charge in [-0.1, -0.05) is 63.9 Å². The van der Waals surface area contributed by atoms with Gasteiger partial charge in [-0.2, -0.15) is 0 Å². The van der Waals surface area contributed by atoms with Gasteiger partial charge in [0.1, 0.15) is 6.61 Å². The summed E-state index contributed by atoms with van der Waals surface area (Å²) in [6.07, 6.45) is 12.9. The van der Waals surface area contributed by atoms with E-state index in [9.17, 15) is 9.90 Å². The molecule has 1 aromatic carbocycles. The third-order valence-corrected chi connectivity index (χ3v) is 11.4. The molecule has 4 aliphatic carbocycles. The van der Waals surface area contributed by atoms with Crippen LogP contribution in [-0.4, -0.2) is 17.2 Å². The van der Waals surface area contributed by atoms with Gasteiger partial charge in [0.2, 0.25) is 0 Å². The second kappa shape index (κ2) is 9.60. The van der Waals surface area contributed by atoms with Gasteiger partial charge >= 0.3 is 5.97 Å². The second-order valence-corrected chi connectivity index (χ2v) is 12.9. The number of ether oxygens (including phenoxy) is 1. The quantitative estimate of drug-likeness (QED) is 0.452. The molecule has 1 N–H and O–H groups in total. The van der Waals surface area contributed by atoms with Crippen LogP contribution in [0.3, 0.4) is 0 Å². The smallest absolute Gasteiger partial charge is 0.306 e. The third kappa shape index (κ3) is 4.25. The van der Waals surface area contributed by atoms with E-state index in [0.717, 1.165) is 24.3 Å². The average molecular weight is 467 g/mol. The lowest BCUT2D eigenvalue weighted by molar-refractivity contribution is -0.164. The normalized spacial score (nSPS) is 42.2. The van der Waals surface area contributed by atoms with E-state index in [1.54, 1.807) is 0 Å². The molecule has 34 heavy (non-hydrogen) atoms. The van der Waals surface area contributed by atoms with Crippen LogP contribution >= 0.6 is 0 Å². The van der Waals surface area contributed by atoms with Crippen molar-refractivity contribution >= 4 is 5.97 Å². The third-order valence-electron chi connectivity index (χ3n) is 11.4. The van der Waals surface area contributed by atoms with Crippen LogP contribution in [0.5, 0.6) is 0 Å². The Labute approximate surface area is 207 Å². The first-order chi connectivity index (χ1) is 16.3. The highest BCUT2D eigenvalue weighted by Gasteiger charge is 2.62. The summed E-state index contributed by atoms with van der Waals surface area (Å²) < 4.78 is 5.55. The number of aliphatic hydroxyl groups excluding tert-OH is 1. The zero-order valence-corrected chi connectivity index (χ0v) is 21.7. The monoisotopic (exact) mass is 466 g/mol. The van der Waals surface area contributed by atoms with Gasteiger partial charge in [-0.05, 0) is 103 Å². The first-order valence-corrected chi connectivity index (χ1v) is 14.2. The summed E-state index contributed by atoms with van der Waals surface area (Å²) in [5.41, 5.74) is 1.81. The van der Waals surface area contributed by atoms with Crippen molar-refractivity contribution < 1.29 is 14.6 Å². The molecule has 0 aliphatic heterocycles. The van der Waals surface area contributed by atoms with E-state index in [2.05, 4.69) is 20.8 Å². The molecule has 4 fully saturated rings. The summed E-state index contributed by atoms with van der Waals surface area (Å²) in [6, 6.07) is 9.95. The van der Waals surface area contributed by atoms with Crippen LogP contribution in [0.15, 0.2) is 30.3 Å². The van der Waals surface area contributed by atoms with E-state index in [-0.39, 0.29) is 12.1 Å². The number of benzene rings is 1. The Kier molecular flexibility index (Phi) is 6.88. The molecule has 0 saturated heterocycles. The number of carbonyl (C=O) groups excluding carboxylic acids is 1. The maximum absolute atomic E-state index is 12.4. The van der Waals surface area contributed by atoms with Gasteiger partial charge in [0, 0.05) is 6.42 Å². The minimum atomic E-state index is -0.104. The number of hydrogen-bond acceptors (Lipinski definition) is 3. The topological polar surface area (TPSA) is 46.5 Å². The molecule has 0 aromatic heterocycles. The molecule has 0 bridgehead atoms. The van der Waals surface area contributed by atoms with E-state index < -0.39 is 0 Å². The van der Waals surface area contributed by atoms with Crippen molar-refractivity contribution in [3.05, 3.63) is 35.9 Å². The fraction of sp³-hybridized carbons (Fsp3) is 0.774. The van der Waals surface area contributed by atoms with Crippen LogP contribution in [0.25, 0.3) is 0 Å². The number of fused-ring (bicyclic) bond motifs is 5. The average Bonchev–Trinajstić information content (AvgIpc) is 3.19. The van der Waals surface area contributed by atoms with Crippen LogP contribution in [0.1, 0.15) is 97.0 Å². The summed E-state index contributed by atoms with van der Waals surface area (Å²) >= 11 is 0. The zero-order chi connectivity index (χ0) is 23.9. The molecule has 4 saturated carbocycles. The number of hydrogen-bond donors (Lipinski definition) is 1. The van der Waals surface area contributed by atoms with Crippen molar-refractivity contribution in [1.29, 1.82) is 0 Å². The molecule has 5 rings (SSSR count). The lowest BCUT2D eigenvalue weighted by Gasteiger charge is -2.62. The molecule has 0 radical (unpaired) electrons. The predicted molar refractivity (Wildman–Crippen MR) is 136 cm³/mol. The van der Waals surface area contributed by atoms with E-state index in [1.165, 1.54) is 51.4 Å². The van der Waals surface area contributed by atoms with Gasteiger partial charge in [-0.15, -0.1) is 0 Å². The van der Waals surface area contributed by atoms with E-state index >= 15 is 0 Å². The van der Waals surface area contributed by atoms with E-state index in [1.807, 2.05) is 30.3 Å². The molecule has 5 unspecified atom stereocenters. The summed E-state index contributed by atoms with van der Waals surface area (Å²) in [5.74, 6) is 3.70. The van der Waals surface area contributed by atoms with Crippen LogP contribution in [0, 0.1) is 46.3 Å². The van der Waals surface area contributed by atoms with Crippen molar-refractivity contribution in [1.82, 2.24) is 0 Å². The van der Waals surface area contributed by atoms with Gasteiger partial charge < -0.3 is 9.84 Å². The Morgan fingerprint density at radius 1 is 1.03 bits per heavy atom. The number of aliphatic hydroxyl groups is 1. The van der Waals surface area contributed by atoms with E-state index in [0.29, 0.717) is 53.4 Å². The summed E-state index contributed by atoms with van der Waals surface area (Å²) in [6.45, 7) is 7.86. The fourth-order valence-electron chi connectivity index (χ4n) is 9.59. The Balaban J connectivity index is 1.21. The SMILES string of the molecule is C[C@H](CCC(=O)OCc1ccccc1)C1CCC2C3C(CC[C@@]21C)[C@@]1(C)CCCCC1C[C@H]3O. The minimum Gasteiger partial charge on any atom is -0.461 e. The van der Waals surface area contributed by atoms with Crippen LogP contribution in [-0.2, 0) is 16.1 Å². The number of rotatable bonds is 6. The maximum Gasteiger partial charge on any atom is 0.306 e. The molecule has 0 amide bonds. The highest BCUT2D eigenvalue weighted by Crippen LogP contribution is 2.68. The maximum atomic E-state index is 12.4. The molecule has 3 heteroatoms. The van der Waals surface area contributed by atoms with Gasteiger partial charge in [0.25, 0.3) is 0 Å². The van der Waals surface area contributed by atoms with Crippen LogP contribution < -0.4 is 0 Å². The first kappa shape index (κ1) is 24.3. The lowest BCUT2D eigenvalue weighted by Crippen LogP contribution is -2.57. The highest BCUT2D eigenvalue weighted by atomic mass is 16.5. The van der Waals surface area contributed by atoms with Crippen molar-refractivity contribution in [3.8, 4) is 0 Å². The van der Waals surface area contributed by atoms with Gasteiger partial charge in [-0.3, -0.25) is 4.79 Å². The molecule has 9 atom stereocenters. The summed E-state index contributed by atoms with van der Waals surface area (Å²) in [5, 5.41) is 11.4. The molecular formula is C31H46O3. The first-order valence-electron chi connectivity index (χ1n) is 14.2. The van der Waals surface area contributed by atoms with Crippen molar-refractivity contribution in [2.45, 2.75) is 104 Å². The molecule has 0 heterocycles. The van der Waals surface area contributed by atoms with E-state index in [4.69, 9.17) is 4.74 Å². The van der Waals surface area contributed by atoms with Gasteiger partial charge in [-0.25, -0.2) is 0 Å². The number of esters is 1. The Morgan fingerprint density at radius 3 is 2.59 bits per heavy atom. The highest BCUT2D eigenvalue weighted by molar-refractivity contribution is 5.69. The van der Waals surface area contributed by atoms with Crippen molar-refractivity contribution in [3.63, 3.8) is 0 Å². The zero-order valence-electron chi connectivity index (χ0n) is 21.7. The minimum absolute atomic E-state index is 0.0712. The van der Waals surface area contributed by atoms with Crippen molar-refractivity contribution in [2.75, 3.05) is 0 Å². The van der Waals surface area contributed by atoms with Crippen LogP contribution in [0.4, 0.5) is 0 Å². The second-order valence-electron chi connectivity index (χ2n) is 12.9. The predicted octanol–water partition coefficient (Wildman–Crippen LogP) is 7.17.